The van der Waals surface area contributed by atoms with E-state index in [0.29, 0.717) is 40.3 Å². The third kappa shape index (κ3) is 6.86. The molecule has 2 heterocycles. The van der Waals surface area contributed by atoms with Crippen LogP contribution in [0.5, 0.6) is 0 Å². The molecule has 1 aliphatic rings. The van der Waals surface area contributed by atoms with E-state index in [9.17, 15) is 13.7 Å². The van der Waals surface area contributed by atoms with Gasteiger partial charge in [0, 0.05) is 61.8 Å². The average Bonchev–Trinajstić information content (AvgIpc) is 2.87. The predicted molar refractivity (Wildman–Crippen MR) is 144 cm³/mol. The van der Waals surface area contributed by atoms with Crippen molar-refractivity contribution >= 4 is 44.5 Å². The van der Waals surface area contributed by atoms with Crippen LogP contribution in [0.15, 0.2) is 48.7 Å². The number of hydrogen-bond donors (Lipinski definition) is 1. The molecule has 4 rings (SSSR count). The molecule has 1 aliphatic heterocycles. The maximum absolute atomic E-state index is 11.4. The number of nitrogens with zero attached hydrogens (tertiary/aromatic N) is 5. The molecule has 36 heavy (non-hydrogen) atoms. The zero-order valence-electron chi connectivity index (χ0n) is 19.8. The number of nitrogens with one attached hydrogen (secondary N) is 1. The highest BCUT2D eigenvalue weighted by molar-refractivity contribution is 7.90. The van der Waals surface area contributed by atoms with Crippen molar-refractivity contribution in [2.24, 2.45) is 0 Å². The molecule has 0 bridgehead atoms. The fourth-order valence-electron chi connectivity index (χ4n) is 3.96. The minimum atomic E-state index is -2.95. The molecule has 3 aromatic rings. The Morgan fingerprint density at radius 1 is 1.08 bits per heavy atom. The van der Waals surface area contributed by atoms with Crippen molar-refractivity contribution in [2.45, 2.75) is 6.54 Å². The number of halogens is 2. The van der Waals surface area contributed by atoms with Crippen molar-refractivity contribution in [1.29, 1.82) is 5.26 Å². The molecule has 8 nitrogen and oxygen atoms in total. The lowest BCUT2D eigenvalue weighted by molar-refractivity contribution is 0.272. The summed E-state index contributed by atoms with van der Waals surface area (Å²) in [5.41, 5.74) is 3.24. The first kappa shape index (κ1) is 26.2. The van der Waals surface area contributed by atoms with E-state index in [-0.39, 0.29) is 5.75 Å². The molecule has 0 unspecified atom stereocenters. The number of rotatable bonds is 8. The molecule has 0 radical (unpaired) electrons. The van der Waals surface area contributed by atoms with Gasteiger partial charge in [0.15, 0.2) is 5.82 Å². The molecule has 0 spiro atoms. The second-order valence-electron chi connectivity index (χ2n) is 8.66. The molecular formula is C25H26Cl2N6O2S. The average molecular weight is 545 g/mol. The van der Waals surface area contributed by atoms with Crippen LogP contribution in [0.25, 0.3) is 11.4 Å². The third-order valence-electron chi connectivity index (χ3n) is 6.02. The monoisotopic (exact) mass is 544 g/mol. The summed E-state index contributed by atoms with van der Waals surface area (Å²) in [6.45, 7) is 4.27. The van der Waals surface area contributed by atoms with E-state index < -0.39 is 9.84 Å². The summed E-state index contributed by atoms with van der Waals surface area (Å²) in [6.07, 6.45) is 2.83. The van der Waals surface area contributed by atoms with Crippen molar-refractivity contribution in [2.75, 3.05) is 54.9 Å². The number of hydrogen-bond acceptors (Lipinski definition) is 8. The first-order valence-electron chi connectivity index (χ1n) is 11.4. The molecule has 1 fully saturated rings. The zero-order valence-corrected chi connectivity index (χ0v) is 22.1. The van der Waals surface area contributed by atoms with E-state index in [1.165, 1.54) is 6.26 Å². The van der Waals surface area contributed by atoms with E-state index >= 15 is 0 Å². The SMILES string of the molecule is CS(=O)(=O)CCN1CCN(c2ccc(-c3ncc(Cl)c(NCc4ccc(Cl)cc4C#N)n3)cc2)CC1. The summed E-state index contributed by atoms with van der Waals surface area (Å²) >= 11 is 12.3. The van der Waals surface area contributed by atoms with Crippen LogP contribution in [0.1, 0.15) is 11.1 Å². The summed E-state index contributed by atoms with van der Waals surface area (Å²) in [5, 5.41) is 13.4. The van der Waals surface area contributed by atoms with Gasteiger partial charge in [-0.25, -0.2) is 18.4 Å². The summed E-state index contributed by atoms with van der Waals surface area (Å²) < 4.78 is 22.8. The van der Waals surface area contributed by atoms with E-state index in [1.54, 1.807) is 24.4 Å². The normalized spacial score (nSPS) is 14.4. The van der Waals surface area contributed by atoms with E-state index in [4.69, 9.17) is 23.2 Å². The molecule has 1 saturated heterocycles. The Labute approximate surface area is 221 Å². The van der Waals surface area contributed by atoms with Crippen molar-refractivity contribution in [3.05, 3.63) is 69.8 Å². The van der Waals surface area contributed by atoms with Gasteiger partial charge in [-0.2, -0.15) is 5.26 Å². The number of nitriles is 1. The molecule has 0 saturated carbocycles. The Morgan fingerprint density at radius 3 is 2.47 bits per heavy atom. The minimum Gasteiger partial charge on any atom is -0.369 e. The van der Waals surface area contributed by atoms with Crippen LogP contribution in [0.3, 0.4) is 0 Å². The molecule has 0 amide bonds. The fraction of sp³-hybridized carbons (Fsp3) is 0.320. The van der Waals surface area contributed by atoms with Crippen molar-refractivity contribution < 1.29 is 8.42 Å². The minimum absolute atomic E-state index is 0.193. The number of aromatic nitrogens is 2. The zero-order chi connectivity index (χ0) is 25.7. The third-order valence-corrected chi connectivity index (χ3v) is 7.46. The Morgan fingerprint density at radius 2 is 1.81 bits per heavy atom. The number of piperazine rings is 1. The fourth-order valence-corrected chi connectivity index (χ4v) is 4.88. The summed E-state index contributed by atoms with van der Waals surface area (Å²) in [5.74, 6) is 1.21. The van der Waals surface area contributed by atoms with Crippen LogP contribution < -0.4 is 10.2 Å². The summed E-state index contributed by atoms with van der Waals surface area (Å²) in [6, 6.07) is 15.4. The largest absolute Gasteiger partial charge is 0.369 e. The molecule has 0 atom stereocenters. The van der Waals surface area contributed by atoms with Crippen LogP contribution >= 0.6 is 23.2 Å². The summed E-state index contributed by atoms with van der Waals surface area (Å²) in [7, 11) is -2.95. The molecule has 11 heteroatoms. The Kier molecular flexibility index (Phi) is 8.32. The molecule has 1 aromatic heterocycles. The van der Waals surface area contributed by atoms with Gasteiger partial charge in [0.05, 0.1) is 23.6 Å². The van der Waals surface area contributed by atoms with Gasteiger partial charge < -0.3 is 10.2 Å². The van der Waals surface area contributed by atoms with Crippen LogP contribution in [0.2, 0.25) is 10.0 Å². The second-order valence-corrected chi connectivity index (χ2v) is 11.8. The maximum Gasteiger partial charge on any atom is 0.161 e. The van der Waals surface area contributed by atoms with Gasteiger partial charge in [0.2, 0.25) is 0 Å². The van der Waals surface area contributed by atoms with Crippen molar-refractivity contribution in [1.82, 2.24) is 14.9 Å². The summed E-state index contributed by atoms with van der Waals surface area (Å²) in [4.78, 5) is 13.4. The molecule has 2 aromatic carbocycles. The molecule has 0 aliphatic carbocycles. The van der Waals surface area contributed by atoms with Gasteiger partial charge in [0.1, 0.15) is 20.7 Å². The lowest BCUT2D eigenvalue weighted by Crippen LogP contribution is -2.47. The number of benzene rings is 2. The quantitative estimate of drug-likeness (QED) is 0.452. The number of anilines is 2. The highest BCUT2D eigenvalue weighted by atomic mass is 35.5. The van der Waals surface area contributed by atoms with Crippen molar-refractivity contribution in [3.63, 3.8) is 0 Å². The van der Waals surface area contributed by atoms with Gasteiger partial charge in [-0.05, 0) is 42.0 Å². The van der Waals surface area contributed by atoms with Crippen molar-refractivity contribution in [3.8, 4) is 17.5 Å². The highest BCUT2D eigenvalue weighted by Crippen LogP contribution is 2.26. The standard InChI is InChI=1S/C25H26Cl2N6O2S/c1-36(34,35)13-12-32-8-10-33(11-9-32)22-6-3-18(4-7-22)24-30-17-23(27)25(31-24)29-16-19-2-5-21(26)14-20(19)15-28/h2-7,14,17H,8-13,16H2,1H3,(H,29,30,31). The predicted octanol–water partition coefficient (Wildman–Crippen LogP) is 4.10. The Bertz CT molecular complexity index is 1370. The topological polar surface area (TPSA) is 102 Å². The molecule has 1 N–H and O–H groups in total. The van der Waals surface area contributed by atoms with Crippen LogP contribution in [-0.2, 0) is 16.4 Å². The van der Waals surface area contributed by atoms with Gasteiger partial charge in [-0.15, -0.1) is 0 Å². The smallest absolute Gasteiger partial charge is 0.161 e. The molecule has 188 valence electrons. The lowest BCUT2D eigenvalue weighted by atomic mass is 10.1. The Balaban J connectivity index is 1.40. The van der Waals surface area contributed by atoms with E-state index in [2.05, 4.69) is 31.2 Å². The second kappa shape index (κ2) is 11.4. The van der Waals surface area contributed by atoms with Crippen LogP contribution in [-0.4, -0.2) is 68.0 Å². The first-order chi connectivity index (χ1) is 17.2. The van der Waals surface area contributed by atoms with Gasteiger partial charge in [-0.3, -0.25) is 4.90 Å². The van der Waals surface area contributed by atoms with Gasteiger partial charge >= 0.3 is 0 Å². The highest BCUT2D eigenvalue weighted by Gasteiger charge is 2.18. The maximum atomic E-state index is 11.4. The molecular weight excluding hydrogens is 519 g/mol. The van der Waals surface area contributed by atoms with Crippen LogP contribution in [0, 0.1) is 11.3 Å². The Hall–Kier alpha value is -2.90. The van der Waals surface area contributed by atoms with Gasteiger partial charge in [0.25, 0.3) is 0 Å². The first-order valence-corrected chi connectivity index (χ1v) is 14.2. The van der Waals surface area contributed by atoms with E-state index in [1.807, 2.05) is 24.3 Å². The van der Waals surface area contributed by atoms with Crippen LogP contribution in [0.4, 0.5) is 11.5 Å². The van der Waals surface area contributed by atoms with E-state index in [0.717, 1.165) is 43.0 Å². The van der Waals surface area contributed by atoms with Gasteiger partial charge in [-0.1, -0.05) is 29.3 Å². The lowest BCUT2D eigenvalue weighted by Gasteiger charge is -2.36. The number of sulfone groups is 1.